The maximum atomic E-state index is 5.38. The SMILES string of the molecule is CCN(CCNC(C)c1ccco1)CC1CC1. The zero-order valence-corrected chi connectivity index (χ0v) is 11.0. The van der Waals surface area contributed by atoms with Crippen LogP contribution in [0.15, 0.2) is 22.8 Å². The van der Waals surface area contributed by atoms with Gasteiger partial charge in [-0.25, -0.2) is 0 Å². The van der Waals surface area contributed by atoms with E-state index in [0.717, 1.165) is 31.3 Å². The highest BCUT2D eigenvalue weighted by Crippen LogP contribution is 2.29. The van der Waals surface area contributed by atoms with E-state index in [0.29, 0.717) is 6.04 Å². The lowest BCUT2D eigenvalue weighted by atomic mass is 10.2. The first-order valence-electron chi connectivity index (χ1n) is 6.78. The van der Waals surface area contributed by atoms with Gasteiger partial charge in [-0.3, -0.25) is 0 Å². The van der Waals surface area contributed by atoms with Gasteiger partial charge in [0.25, 0.3) is 0 Å². The summed E-state index contributed by atoms with van der Waals surface area (Å²) in [6.07, 6.45) is 4.61. The van der Waals surface area contributed by atoms with Crippen LogP contribution in [0.3, 0.4) is 0 Å². The van der Waals surface area contributed by atoms with Crippen LogP contribution in [0, 0.1) is 5.92 Å². The van der Waals surface area contributed by atoms with E-state index in [2.05, 4.69) is 24.1 Å². The van der Waals surface area contributed by atoms with Crippen molar-refractivity contribution in [2.24, 2.45) is 5.92 Å². The van der Waals surface area contributed by atoms with Gasteiger partial charge in [0.1, 0.15) is 5.76 Å². The Balaban J connectivity index is 1.63. The minimum atomic E-state index is 0.310. The maximum absolute atomic E-state index is 5.38. The molecule has 3 nitrogen and oxygen atoms in total. The Kier molecular flexibility index (Phi) is 4.63. The first kappa shape index (κ1) is 12.7. The summed E-state index contributed by atoms with van der Waals surface area (Å²) in [6, 6.07) is 4.28. The Morgan fingerprint density at radius 2 is 2.35 bits per heavy atom. The summed E-state index contributed by atoms with van der Waals surface area (Å²) in [5, 5.41) is 3.51. The summed E-state index contributed by atoms with van der Waals surface area (Å²) < 4.78 is 5.38. The van der Waals surface area contributed by atoms with Crippen molar-refractivity contribution in [3.8, 4) is 0 Å². The zero-order chi connectivity index (χ0) is 12.1. The van der Waals surface area contributed by atoms with Crippen molar-refractivity contribution in [1.82, 2.24) is 10.2 Å². The second-order valence-electron chi connectivity index (χ2n) is 5.03. The molecule has 1 unspecified atom stereocenters. The topological polar surface area (TPSA) is 28.4 Å². The predicted molar refractivity (Wildman–Crippen MR) is 70.0 cm³/mol. The van der Waals surface area contributed by atoms with Crippen molar-refractivity contribution in [3.05, 3.63) is 24.2 Å². The number of furan rings is 1. The minimum absolute atomic E-state index is 0.310. The molecule has 0 radical (unpaired) electrons. The molecular weight excluding hydrogens is 212 g/mol. The summed E-state index contributed by atoms with van der Waals surface area (Å²) in [5.74, 6) is 2.01. The Morgan fingerprint density at radius 1 is 1.53 bits per heavy atom. The molecule has 0 bridgehead atoms. The standard InChI is InChI=1S/C14H24N2O/c1-3-16(11-13-6-7-13)9-8-15-12(2)14-5-4-10-17-14/h4-5,10,12-13,15H,3,6-9,11H2,1-2H3. The highest BCUT2D eigenvalue weighted by Gasteiger charge is 2.23. The third kappa shape index (κ3) is 4.17. The van der Waals surface area contributed by atoms with Crippen LogP contribution in [0.25, 0.3) is 0 Å². The third-order valence-electron chi connectivity index (χ3n) is 3.51. The Labute approximate surface area is 104 Å². The monoisotopic (exact) mass is 236 g/mol. The lowest BCUT2D eigenvalue weighted by Gasteiger charge is -2.21. The zero-order valence-electron chi connectivity index (χ0n) is 11.0. The molecule has 0 aromatic carbocycles. The van der Waals surface area contributed by atoms with Gasteiger partial charge < -0.3 is 14.6 Å². The average molecular weight is 236 g/mol. The fourth-order valence-electron chi connectivity index (χ4n) is 2.12. The fourth-order valence-corrected chi connectivity index (χ4v) is 2.12. The van der Waals surface area contributed by atoms with E-state index >= 15 is 0 Å². The number of likely N-dealkylation sites (N-methyl/N-ethyl adjacent to an activating group) is 1. The molecule has 0 amide bonds. The van der Waals surface area contributed by atoms with Crippen LogP contribution in [-0.4, -0.2) is 31.1 Å². The average Bonchev–Trinajstić information content (AvgIpc) is 2.97. The van der Waals surface area contributed by atoms with E-state index in [4.69, 9.17) is 4.42 Å². The van der Waals surface area contributed by atoms with Crippen LogP contribution in [-0.2, 0) is 0 Å². The Bertz CT molecular complexity index is 306. The molecule has 1 aromatic heterocycles. The second-order valence-corrected chi connectivity index (χ2v) is 5.03. The maximum Gasteiger partial charge on any atom is 0.120 e. The molecule has 3 heteroatoms. The first-order chi connectivity index (χ1) is 8.29. The number of rotatable bonds is 8. The number of hydrogen-bond acceptors (Lipinski definition) is 3. The van der Waals surface area contributed by atoms with E-state index in [1.807, 2.05) is 12.1 Å². The molecular formula is C14H24N2O. The molecule has 1 aliphatic rings. The summed E-state index contributed by atoms with van der Waals surface area (Å²) in [5.41, 5.74) is 0. The summed E-state index contributed by atoms with van der Waals surface area (Å²) in [6.45, 7) is 9.01. The molecule has 0 aliphatic heterocycles. The van der Waals surface area contributed by atoms with Crippen LogP contribution in [0.1, 0.15) is 38.5 Å². The summed E-state index contributed by atoms with van der Waals surface area (Å²) in [4.78, 5) is 2.54. The van der Waals surface area contributed by atoms with E-state index in [1.54, 1.807) is 6.26 Å². The van der Waals surface area contributed by atoms with Crippen molar-refractivity contribution in [2.45, 2.75) is 32.7 Å². The molecule has 1 fully saturated rings. The molecule has 1 N–H and O–H groups in total. The number of hydrogen-bond donors (Lipinski definition) is 1. The summed E-state index contributed by atoms with van der Waals surface area (Å²) in [7, 11) is 0. The predicted octanol–water partition coefficient (Wildman–Crippen LogP) is 2.66. The van der Waals surface area contributed by atoms with Crippen molar-refractivity contribution >= 4 is 0 Å². The highest BCUT2D eigenvalue weighted by molar-refractivity contribution is 5.02. The normalized spacial score (nSPS) is 17.6. The molecule has 0 saturated heterocycles. The largest absolute Gasteiger partial charge is 0.468 e. The second kappa shape index (κ2) is 6.22. The Morgan fingerprint density at radius 3 is 2.94 bits per heavy atom. The van der Waals surface area contributed by atoms with E-state index < -0.39 is 0 Å². The molecule has 1 atom stereocenters. The van der Waals surface area contributed by atoms with E-state index in [-0.39, 0.29) is 0 Å². The van der Waals surface area contributed by atoms with Gasteiger partial charge in [-0.15, -0.1) is 0 Å². The van der Waals surface area contributed by atoms with Crippen LogP contribution in [0.5, 0.6) is 0 Å². The minimum Gasteiger partial charge on any atom is -0.468 e. The van der Waals surface area contributed by atoms with Crippen LogP contribution in [0.4, 0.5) is 0 Å². The van der Waals surface area contributed by atoms with Crippen molar-refractivity contribution < 1.29 is 4.42 Å². The highest BCUT2D eigenvalue weighted by atomic mass is 16.3. The quantitative estimate of drug-likeness (QED) is 0.752. The molecule has 17 heavy (non-hydrogen) atoms. The van der Waals surface area contributed by atoms with Gasteiger partial charge in [-0.1, -0.05) is 6.92 Å². The van der Waals surface area contributed by atoms with E-state index in [1.165, 1.54) is 19.4 Å². The number of nitrogens with zero attached hydrogens (tertiary/aromatic N) is 1. The van der Waals surface area contributed by atoms with Crippen LogP contribution in [0.2, 0.25) is 0 Å². The van der Waals surface area contributed by atoms with E-state index in [9.17, 15) is 0 Å². The van der Waals surface area contributed by atoms with Gasteiger partial charge in [0.2, 0.25) is 0 Å². The number of nitrogens with one attached hydrogen (secondary N) is 1. The fraction of sp³-hybridized carbons (Fsp3) is 0.714. The molecule has 1 aromatic rings. The van der Waals surface area contributed by atoms with Crippen molar-refractivity contribution in [1.29, 1.82) is 0 Å². The molecule has 96 valence electrons. The Hall–Kier alpha value is -0.800. The summed E-state index contributed by atoms with van der Waals surface area (Å²) >= 11 is 0. The molecule has 1 saturated carbocycles. The van der Waals surface area contributed by atoms with Gasteiger partial charge in [0.15, 0.2) is 0 Å². The first-order valence-corrected chi connectivity index (χ1v) is 6.78. The third-order valence-corrected chi connectivity index (χ3v) is 3.51. The van der Waals surface area contributed by atoms with Crippen molar-refractivity contribution in [2.75, 3.05) is 26.2 Å². The smallest absolute Gasteiger partial charge is 0.120 e. The van der Waals surface area contributed by atoms with Crippen LogP contribution >= 0.6 is 0 Å². The van der Waals surface area contributed by atoms with Gasteiger partial charge >= 0.3 is 0 Å². The molecule has 2 rings (SSSR count). The molecule has 1 heterocycles. The van der Waals surface area contributed by atoms with Crippen LogP contribution < -0.4 is 5.32 Å². The van der Waals surface area contributed by atoms with Gasteiger partial charge in [-0.05, 0) is 44.4 Å². The lowest BCUT2D eigenvalue weighted by Crippen LogP contribution is -2.34. The van der Waals surface area contributed by atoms with Gasteiger partial charge in [0, 0.05) is 19.6 Å². The van der Waals surface area contributed by atoms with Gasteiger partial charge in [0.05, 0.1) is 12.3 Å². The lowest BCUT2D eigenvalue weighted by molar-refractivity contribution is 0.270. The van der Waals surface area contributed by atoms with Crippen molar-refractivity contribution in [3.63, 3.8) is 0 Å². The molecule has 0 spiro atoms. The van der Waals surface area contributed by atoms with Gasteiger partial charge in [-0.2, -0.15) is 0 Å². The molecule has 1 aliphatic carbocycles.